The molecule has 1 N–H and O–H groups in total. The molecule has 168 valence electrons. The first-order valence-corrected chi connectivity index (χ1v) is 11.5. The summed E-state index contributed by atoms with van der Waals surface area (Å²) in [6, 6.07) is 20.3. The molecule has 0 bridgehead atoms. The molecule has 0 aliphatic carbocycles. The van der Waals surface area contributed by atoms with Crippen molar-refractivity contribution >= 4 is 17.3 Å². The maximum absolute atomic E-state index is 12.0. The molecule has 1 aliphatic heterocycles. The van der Waals surface area contributed by atoms with Gasteiger partial charge in [0.15, 0.2) is 6.29 Å². The second-order valence-electron chi connectivity index (χ2n) is 8.47. The molecule has 0 unspecified atom stereocenters. The van der Waals surface area contributed by atoms with Crippen molar-refractivity contribution in [2.45, 2.75) is 19.3 Å². The number of likely N-dealkylation sites (tertiary alicyclic amines) is 1. The van der Waals surface area contributed by atoms with Gasteiger partial charge in [0.1, 0.15) is 29.4 Å². The van der Waals surface area contributed by atoms with Crippen molar-refractivity contribution in [1.29, 1.82) is 0 Å². The third-order valence-electron chi connectivity index (χ3n) is 6.27. The van der Waals surface area contributed by atoms with Crippen molar-refractivity contribution in [3.63, 3.8) is 0 Å². The van der Waals surface area contributed by atoms with E-state index in [9.17, 15) is 9.90 Å². The molecule has 1 fully saturated rings. The molecular weight excluding hydrogens is 414 g/mol. The summed E-state index contributed by atoms with van der Waals surface area (Å²) in [5.74, 6) is 1.58. The van der Waals surface area contributed by atoms with Crippen LogP contribution in [0.15, 0.2) is 71.1 Å². The van der Waals surface area contributed by atoms with Gasteiger partial charge in [-0.05, 0) is 74.5 Å². The molecule has 0 amide bonds. The lowest BCUT2D eigenvalue weighted by molar-refractivity contribution is 0.112. The third kappa shape index (κ3) is 4.50. The summed E-state index contributed by atoms with van der Waals surface area (Å²) in [7, 11) is 0. The lowest BCUT2D eigenvalue weighted by Crippen LogP contribution is -2.33. The number of phenols is 1. The first-order chi connectivity index (χ1) is 16.2. The van der Waals surface area contributed by atoms with E-state index in [-0.39, 0.29) is 5.75 Å². The van der Waals surface area contributed by atoms with Crippen molar-refractivity contribution in [1.82, 2.24) is 4.90 Å². The van der Waals surface area contributed by atoms with E-state index in [2.05, 4.69) is 4.90 Å². The van der Waals surface area contributed by atoms with Gasteiger partial charge in [-0.3, -0.25) is 9.69 Å². The van der Waals surface area contributed by atoms with Crippen LogP contribution in [0.3, 0.4) is 0 Å². The number of ether oxygens (including phenoxy) is 1. The molecule has 0 radical (unpaired) electrons. The van der Waals surface area contributed by atoms with Crippen molar-refractivity contribution in [2.75, 3.05) is 26.2 Å². The Labute approximate surface area is 193 Å². The summed E-state index contributed by atoms with van der Waals surface area (Å²) in [5, 5.41) is 10.7. The monoisotopic (exact) mass is 441 g/mol. The number of carbonyl (C=O) groups is 1. The van der Waals surface area contributed by atoms with Crippen LogP contribution < -0.4 is 4.74 Å². The predicted octanol–water partition coefficient (Wildman–Crippen LogP) is 6.15. The van der Waals surface area contributed by atoms with Crippen LogP contribution in [-0.4, -0.2) is 42.5 Å². The SMILES string of the molecule is O=Cc1ccc(OCCN2CCCCC2)cc1-c1c(-c2ccc(O)cc2)oc2ccccc12. The molecule has 3 aromatic carbocycles. The van der Waals surface area contributed by atoms with Gasteiger partial charge < -0.3 is 14.3 Å². The van der Waals surface area contributed by atoms with Crippen molar-refractivity contribution in [3.05, 3.63) is 72.3 Å². The molecule has 5 heteroatoms. The van der Waals surface area contributed by atoms with Crippen molar-refractivity contribution < 1.29 is 19.1 Å². The quantitative estimate of drug-likeness (QED) is 0.349. The van der Waals surface area contributed by atoms with Gasteiger partial charge in [-0.15, -0.1) is 0 Å². The Balaban J connectivity index is 1.53. The first kappa shape index (κ1) is 21.3. The van der Waals surface area contributed by atoms with Crippen LogP contribution in [-0.2, 0) is 0 Å². The van der Waals surface area contributed by atoms with Gasteiger partial charge in [-0.1, -0.05) is 24.6 Å². The van der Waals surface area contributed by atoms with E-state index in [1.54, 1.807) is 18.2 Å². The number of furan rings is 1. The molecule has 0 spiro atoms. The van der Waals surface area contributed by atoms with E-state index in [0.717, 1.165) is 59.3 Å². The highest BCUT2D eigenvalue weighted by atomic mass is 16.5. The van der Waals surface area contributed by atoms with E-state index >= 15 is 0 Å². The summed E-state index contributed by atoms with van der Waals surface area (Å²) in [5.41, 5.74) is 3.76. The fourth-order valence-electron chi connectivity index (χ4n) is 4.55. The van der Waals surface area contributed by atoms with Crippen LogP contribution in [0.4, 0.5) is 0 Å². The van der Waals surface area contributed by atoms with E-state index in [0.29, 0.717) is 17.9 Å². The molecule has 4 aromatic rings. The second-order valence-corrected chi connectivity index (χ2v) is 8.47. The number of aromatic hydroxyl groups is 1. The van der Waals surface area contributed by atoms with Crippen LogP contribution in [0.2, 0.25) is 0 Å². The van der Waals surface area contributed by atoms with Crippen molar-refractivity contribution in [3.8, 4) is 33.9 Å². The zero-order chi connectivity index (χ0) is 22.6. The van der Waals surface area contributed by atoms with Gasteiger partial charge in [-0.25, -0.2) is 0 Å². The van der Waals surface area contributed by atoms with E-state index in [1.165, 1.54) is 19.3 Å². The van der Waals surface area contributed by atoms with Crippen LogP contribution in [0.1, 0.15) is 29.6 Å². The van der Waals surface area contributed by atoms with E-state index in [1.807, 2.05) is 48.5 Å². The van der Waals surface area contributed by atoms with Gasteiger partial charge in [0.25, 0.3) is 0 Å². The molecular formula is C28H27NO4. The summed E-state index contributed by atoms with van der Waals surface area (Å²) in [6.45, 7) is 3.78. The number of phenolic OH excluding ortho intramolecular Hbond substituents is 1. The highest BCUT2D eigenvalue weighted by Gasteiger charge is 2.20. The molecule has 2 heterocycles. The number of nitrogens with zero attached hydrogens (tertiary/aromatic N) is 1. The highest BCUT2D eigenvalue weighted by molar-refractivity contribution is 6.05. The van der Waals surface area contributed by atoms with Crippen LogP contribution in [0, 0.1) is 0 Å². The third-order valence-corrected chi connectivity index (χ3v) is 6.27. The van der Waals surface area contributed by atoms with Gasteiger partial charge >= 0.3 is 0 Å². The molecule has 33 heavy (non-hydrogen) atoms. The maximum atomic E-state index is 12.0. The summed E-state index contributed by atoms with van der Waals surface area (Å²) in [4.78, 5) is 14.4. The lowest BCUT2D eigenvalue weighted by Gasteiger charge is -2.26. The minimum absolute atomic E-state index is 0.189. The second kappa shape index (κ2) is 9.51. The number of hydrogen-bond donors (Lipinski definition) is 1. The first-order valence-electron chi connectivity index (χ1n) is 11.5. The maximum Gasteiger partial charge on any atom is 0.150 e. The van der Waals surface area contributed by atoms with Crippen LogP contribution in [0.25, 0.3) is 33.4 Å². The van der Waals surface area contributed by atoms with Gasteiger partial charge in [0.2, 0.25) is 0 Å². The number of piperidine rings is 1. The van der Waals surface area contributed by atoms with Gasteiger partial charge in [0, 0.05) is 34.2 Å². The zero-order valence-corrected chi connectivity index (χ0v) is 18.5. The molecule has 0 saturated carbocycles. The number of carbonyl (C=O) groups excluding carboxylic acids is 1. The standard InChI is InChI=1S/C28H27NO4/c30-19-21-10-13-23(32-17-16-29-14-4-1-5-15-29)18-25(21)27-24-6-2-3-7-26(24)33-28(27)20-8-11-22(31)12-9-20/h2-3,6-13,18-19,31H,1,4-5,14-17H2. The van der Waals surface area contributed by atoms with Crippen molar-refractivity contribution in [2.24, 2.45) is 0 Å². The molecule has 1 aromatic heterocycles. The van der Waals surface area contributed by atoms with Gasteiger partial charge in [-0.2, -0.15) is 0 Å². The minimum atomic E-state index is 0.189. The molecule has 0 atom stereocenters. The fourth-order valence-corrected chi connectivity index (χ4v) is 4.55. The van der Waals surface area contributed by atoms with Crippen LogP contribution >= 0.6 is 0 Å². The average Bonchev–Trinajstić information content (AvgIpc) is 3.24. The Morgan fingerprint density at radius 3 is 2.55 bits per heavy atom. The largest absolute Gasteiger partial charge is 0.508 e. The Hall–Kier alpha value is -3.57. The summed E-state index contributed by atoms with van der Waals surface area (Å²) < 4.78 is 12.3. The lowest BCUT2D eigenvalue weighted by atomic mass is 9.95. The molecule has 5 nitrogen and oxygen atoms in total. The molecule has 1 aliphatic rings. The number of aldehydes is 1. The number of fused-ring (bicyclic) bond motifs is 1. The minimum Gasteiger partial charge on any atom is -0.508 e. The van der Waals surface area contributed by atoms with E-state index < -0.39 is 0 Å². The molecule has 1 saturated heterocycles. The van der Waals surface area contributed by atoms with E-state index in [4.69, 9.17) is 9.15 Å². The number of para-hydroxylation sites is 1. The predicted molar refractivity (Wildman–Crippen MR) is 130 cm³/mol. The zero-order valence-electron chi connectivity index (χ0n) is 18.5. The number of benzene rings is 3. The fraction of sp³-hybridized carbons (Fsp3) is 0.250. The van der Waals surface area contributed by atoms with Gasteiger partial charge in [0.05, 0.1) is 0 Å². The molecule has 5 rings (SSSR count). The Morgan fingerprint density at radius 1 is 0.970 bits per heavy atom. The highest BCUT2D eigenvalue weighted by Crippen LogP contribution is 2.43. The average molecular weight is 442 g/mol. The smallest absolute Gasteiger partial charge is 0.150 e. The normalized spacial score (nSPS) is 14.4. The Kier molecular flexibility index (Phi) is 6.13. The van der Waals surface area contributed by atoms with Crippen LogP contribution in [0.5, 0.6) is 11.5 Å². The summed E-state index contributed by atoms with van der Waals surface area (Å²) >= 11 is 0. The Morgan fingerprint density at radius 2 is 1.76 bits per heavy atom. The Bertz CT molecular complexity index is 1250. The number of rotatable bonds is 7. The topological polar surface area (TPSA) is 62.9 Å². The number of hydrogen-bond acceptors (Lipinski definition) is 5. The summed E-state index contributed by atoms with van der Waals surface area (Å²) in [6.07, 6.45) is 4.70.